The van der Waals surface area contributed by atoms with Gasteiger partial charge in [-0.2, -0.15) is 0 Å². The van der Waals surface area contributed by atoms with Crippen LogP contribution in [0.25, 0.3) is 0 Å². The van der Waals surface area contributed by atoms with Gasteiger partial charge >= 0.3 is 5.97 Å². The van der Waals surface area contributed by atoms with Crippen molar-refractivity contribution < 1.29 is 19.0 Å². The Morgan fingerprint density at radius 1 is 1.58 bits per heavy atom. The van der Waals surface area contributed by atoms with Gasteiger partial charge in [0.15, 0.2) is 0 Å². The van der Waals surface area contributed by atoms with Crippen LogP contribution in [0.5, 0.6) is 0 Å². The third-order valence-corrected chi connectivity index (χ3v) is 3.41. The number of aromatic carboxylic acids is 1. The molecule has 0 aliphatic carbocycles. The minimum absolute atomic E-state index is 0.0986. The van der Waals surface area contributed by atoms with Crippen LogP contribution in [0.2, 0.25) is 0 Å². The highest BCUT2D eigenvalue weighted by Crippen LogP contribution is 2.24. The van der Waals surface area contributed by atoms with Crippen molar-refractivity contribution in [2.75, 3.05) is 13.2 Å². The zero-order chi connectivity index (χ0) is 13.9. The van der Waals surface area contributed by atoms with Crippen LogP contribution in [-0.2, 0) is 11.3 Å². The average Bonchev–Trinajstić information content (AvgIpc) is 2.78. The van der Waals surface area contributed by atoms with Crippen molar-refractivity contribution in [2.45, 2.75) is 31.9 Å². The Morgan fingerprint density at radius 3 is 3.00 bits per heavy atom. The van der Waals surface area contributed by atoms with Crippen molar-refractivity contribution in [1.29, 1.82) is 0 Å². The maximum absolute atomic E-state index is 13.6. The molecule has 1 aromatic carbocycles. The number of nitrogens with one attached hydrogen (secondary N) is 1. The SMILES string of the molecule is CC1(CNCc2cc(C(=O)O)ccc2F)CCCO1. The third-order valence-electron chi connectivity index (χ3n) is 3.41. The number of carboxylic acids is 1. The molecule has 0 bridgehead atoms. The highest BCUT2D eigenvalue weighted by molar-refractivity contribution is 5.87. The van der Waals surface area contributed by atoms with E-state index >= 15 is 0 Å². The van der Waals surface area contributed by atoms with Gasteiger partial charge in [0.05, 0.1) is 11.2 Å². The van der Waals surface area contributed by atoms with E-state index in [2.05, 4.69) is 5.32 Å². The lowest BCUT2D eigenvalue weighted by atomic mass is 10.0. The molecule has 1 aromatic rings. The number of hydrogen-bond acceptors (Lipinski definition) is 3. The zero-order valence-electron chi connectivity index (χ0n) is 10.9. The molecule has 0 amide bonds. The van der Waals surface area contributed by atoms with Crippen LogP contribution in [0.15, 0.2) is 18.2 Å². The van der Waals surface area contributed by atoms with Gasteiger partial charge in [0.25, 0.3) is 0 Å². The summed E-state index contributed by atoms with van der Waals surface area (Å²) in [5, 5.41) is 12.0. The van der Waals surface area contributed by atoms with Gasteiger partial charge in [-0.1, -0.05) is 0 Å². The second-order valence-corrected chi connectivity index (χ2v) is 5.12. The maximum Gasteiger partial charge on any atom is 0.335 e. The minimum Gasteiger partial charge on any atom is -0.478 e. The van der Waals surface area contributed by atoms with Gasteiger partial charge in [-0.3, -0.25) is 0 Å². The Hall–Kier alpha value is -1.46. The number of hydrogen-bond donors (Lipinski definition) is 2. The topological polar surface area (TPSA) is 58.6 Å². The third kappa shape index (κ3) is 3.52. The first kappa shape index (κ1) is 14.0. The Bertz CT molecular complexity index is 470. The fourth-order valence-corrected chi connectivity index (χ4v) is 2.28. The van der Waals surface area contributed by atoms with Crippen LogP contribution in [0.3, 0.4) is 0 Å². The molecule has 0 saturated carbocycles. The number of benzene rings is 1. The summed E-state index contributed by atoms with van der Waals surface area (Å²) < 4.78 is 19.2. The van der Waals surface area contributed by atoms with Gasteiger partial charge in [0.2, 0.25) is 0 Å². The first-order valence-corrected chi connectivity index (χ1v) is 6.37. The lowest BCUT2D eigenvalue weighted by Gasteiger charge is -2.23. The molecule has 1 fully saturated rings. The van der Waals surface area contributed by atoms with E-state index in [0.717, 1.165) is 19.4 Å². The quantitative estimate of drug-likeness (QED) is 0.858. The molecule has 1 unspecified atom stereocenters. The fraction of sp³-hybridized carbons (Fsp3) is 0.500. The molecule has 5 heteroatoms. The summed E-state index contributed by atoms with van der Waals surface area (Å²) in [6.07, 6.45) is 2.03. The van der Waals surface area contributed by atoms with Crippen molar-refractivity contribution in [3.8, 4) is 0 Å². The van der Waals surface area contributed by atoms with E-state index in [4.69, 9.17) is 9.84 Å². The molecule has 4 nitrogen and oxygen atoms in total. The standard InChI is InChI=1S/C14H18FNO3/c1-14(5-2-6-19-14)9-16-8-11-7-10(13(17)18)3-4-12(11)15/h3-4,7,16H,2,5-6,8-9H2,1H3,(H,17,18). The molecule has 104 valence electrons. The monoisotopic (exact) mass is 267 g/mol. The molecule has 0 radical (unpaired) electrons. The van der Waals surface area contributed by atoms with Gasteiger partial charge in [0, 0.05) is 25.3 Å². The molecule has 1 aliphatic rings. The van der Waals surface area contributed by atoms with E-state index in [-0.39, 0.29) is 11.2 Å². The molecule has 0 spiro atoms. The predicted octanol–water partition coefficient (Wildman–Crippen LogP) is 2.18. The van der Waals surface area contributed by atoms with Crippen LogP contribution in [-0.4, -0.2) is 29.8 Å². The smallest absolute Gasteiger partial charge is 0.335 e. The van der Waals surface area contributed by atoms with Crippen LogP contribution < -0.4 is 5.32 Å². The second kappa shape index (κ2) is 5.67. The van der Waals surface area contributed by atoms with Crippen LogP contribution in [0.1, 0.15) is 35.7 Å². The Kier molecular flexibility index (Phi) is 4.17. The van der Waals surface area contributed by atoms with Gasteiger partial charge in [0.1, 0.15) is 5.82 Å². The van der Waals surface area contributed by atoms with Crippen LogP contribution >= 0.6 is 0 Å². The number of halogens is 1. The molecule has 19 heavy (non-hydrogen) atoms. The van der Waals surface area contributed by atoms with E-state index in [1.807, 2.05) is 6.92 Å². The van der Waals surface area contributed by atoms with Crippen LogP contribution in [0, 0.1) is 5.82 Å². The summed E-state index contributed by atoms with van der Waals surface area (Å²) in [7, 11) is 0. The van der Waals surface area contributed by atoms with E-state index < -0.39 is 11.8 Å². The minimum atomic E-state index is -1.05. The van der Waals surface area contributed by atoms with Crippen molar-refractivity contribution >= 4 is 5.97 Å². The van der Waals surface area contributed by atoms with E-state index in [1.165, 1.54) is 18.2 Å². The first-order valence-electron chi connectivity index (χ1n) is 6.37. The Morgan fingerprint density at radius 2 is 2.37 bits per heavy atom. The number of rotatable bonds is 5. The van der Waals surface area contributed by atoms with Gasteiger partial charge in [-0.25, -0.2) is 9.18 Å². The molecule has 0 aromatic heterocycles. The van der Waals surface area contributed by atoms with E-state index in [1.54, 1.807) is 0 Å². The van der Waals surface area contributed by atoms with Crippen molar-refractivity contribution in [2.24, 2.45) is 0 Å². The van der Waals surface area contributed by atoms with Crippen molar-refractivity contribution in [3.05, 3.63) is 35.1 Å². The molecular formula is C14H18FNO3. The van der Waals surface area contributed by atoms with Gasteiger partial charge in [-0.05, 0) is 38.0 Å². The lowest BCUT2D eigenvalue weighted by Crippen LogP contribution is -2.37. The fourth-order valence-electron chi connectivity index (χ4n) is 2.28. The lowest BCUT2D eigenvalue weighted by molar-refractivity contribution is 0.0206. The second-order valence-electron chi connectivity index (χ2n) is 5.12. The molecular weight excluding hydrogens is 249 g/mol. The number of carbonyl (C=O) groups is 1. The summed E-state index contributed by atoms with van der Waals surface area (Å²) in [6.45, 7) is 3.72. The summed E-state index contributed by atoms with van der Waals surface area (Å²) >= 11 is 0. The first-order chi connectivity index (χ1) is 9.00. The van der Waals surface area contributed by atoms with E-state index in [9.17, 15) is 9.18 Å². The summed E-state index contributed by atoms with van der Waals surface area (Å²) in [6, 6.07) is 3.82. The highest BCUT2D eigenvalue weighted by atomic mass is 19.1. The molecule has 2 N–H and O–H groups in total. The highest BCUT2D eigenvalue weighted by Gasteiger charge is 2.29. The van der Waals surface area contributed by atoms with Crippen molar-refractivity contribution in [3.63, 3.8) is 0 Å². The van der Waals surface area contributed by atoms with Gasteiger partial charge < -0.3 is 15.2 Å². The number of ether oxygens (including phenoxy) is 1. The predicted molar refractivity (Wildman–Crippen MR) is 68.7 cm³/mol. The number of carboxylic acid groups (broad SMARTS) is 1. The Balaban J connectivity index is 1.95. The molecule has 1 heterocycles. The summed E-state index contributed by atoms with van der Waals surface area (Å²) in [5.41, 5.74) is 0.268. The molecule has 1 aliphatic heterocycles. The molecule has 1 saturated heterocycles. The Labute approximate surface area is 111 Å². The van der Waals surface area contributed by atoms with Crippen LogP contribution in [0.4, 0.5) is 4.39 Å². The zero-order valence-corrected chi connectivity index (χ0v) is 10.9. The van der Waals surface area contributed by atoms with E-state index in [0.29, 0.717) is 18.7 Å². The maximum atomic E-state index is 13.6. The average molecular weight is 267 g/mol. The normalized spacial score (nSPS) is 22.6. The molecule has 1 atom stereocenters. The summed E-state index contributed by atoms with van der Waals surface area (Å²) in [4.78, 5) is 10.8. The molecule has 2 rings (SSSR count). The summed E-state index contributed by atoms with van der Waals surface area (Å²) in [5.74, 6) is -1.44. The largest absolute Gasteiger partial charge is 0.478 e. The van der Waals surface area contributed by atoms with Crippen molar-refractivity contribution in [1.82, 2.24) is 5.32 Å². The van der Waals surface area contributed by atoms with Gasteiger partial charge in [-0.15, -0.1) is 0 Å².